The van der Waals surface area contributed by atoms with E-state index in [4.69, 9.17) is 4.74 Å². The van der Waals surface area contributed by atoms with Gasteiger partial charge in [0.05, 0.1) is 23.8 Å². The Bertz CT molecular complexity index is 1080. The number of sulfonamides is 1. The van der Waals surface area contributed by atoms with Crippen LogP contribution in [0.3, 0.4) is 0 Å². The second-order valence-electron chi connectivity index (χ2n) is 6.66. The summed E-state index contributed by atoms with van der Waals surface area (Å²) in [6.07, 6.45) is 5.19. The van der Waals surface area contributed by atoms with Gasteiger partial charge in [-0.15, -0.1) is 0 Å². The molecular weight excluding hydrogens is 374 g/mol. The van der Waals surface area contributed by atoms with E-state index in [1.54, 1.807) is 24.7 Å². The molecule has 1 aromatic carbocycles. The van der Waals surface area contributed by atoms with Gasteiger partial charge in [-0.2, -0.15) is 4.31 Å². The number of aromatic nitrogens is 2. The quantitative estimate of drug-likeness (QED) is 0.679. The highest BCUT2D eigenvalue weighted by Gasteiger charge is 2.28. The lowest BCUT2D eigenvalue weighted by molar-refractivity contribution is 0.0730. The largest absolute Gasteiger partial charge is 0.379 e. The van der Waals surface area contributed by atoms with Crippen molar-refractivity contribution in [2.45, 2.75) is 11.8 Å². The monoisotopic (exact) mass is 395 g/mol. The predicted octanol–water partition coefficient (Wildman–Crippen LogP) is 3.14. The van der Waals surface area contributed by atoms with Gasteiger partial charge in [0, 0.05) is 37.2 Å². The first-order valence-electron chi connectivity index (χ1n) is 9.11. The maximum Gasteiger partial charge on any atom is 0.243 e. The molecule has 7 heteroatoms. The molecule has 144 valence electrons. The molecule has 0 atom stereocenters. The maximum atomic E-state index is 13.1. The van der Waals surface area contributed by atoms with Crippen LogP contribution in [-0.4, -0.2) is 49.0 Å². The second kappa shape index (κ2) is 7.79. The Kier molecular flexibility index (Phi) is 5.21. The molecule has 0 N–H and O–H groups in total. The van der Waals surface area contributed by atoms with Crippen LogP contribution in [0.5, 0.6) is 0 Å². The average molecular weight is 395 g/mol. The number of pyridine rings is 2. The molecule has 28 heavy (non-hydrogen) atoms. The Morgan fingerprint density at radius 3 is 2.32 bits per heavy atom. The minimum atomic E-state index is -3.56. The van der Waals surface area contributed by atoms with E-state index in [0.29, 0.717) is 31.2 Å². The molecule has 0 saturated carbocycles. The number of hydrogen-bond donors (Lipinski definition) is 0. The zero-order chi connectivity index (χ0) is 19.6. The Balaban J connectivity index is 1.73. The fraction of sp³-hybridized carbons (Fsp3) is 0.238. The van der Waals surface area contributed by atoms with Gasteiger partial charge in [0.25, 0.3) is 0 Å². The van der Waals surface area contributed by atoms with E-state index in [-0.39, 0.29) is 0 Å². The van der Waals surface area contributed by atoms with Crippen molar-refractivity contribution in [2.24, 2.45) is 0 Å². The highest BCUT2D eigenvalue weighted by molar-refractivity contribution is 7.89. The van der Waals surface area contributed by atoms with Crippen LogP contribution in [0.15, 0.2) is 66.0 Å². The molecule has 1 fully saturated rings. The molecule has 1 aliphatic rings. The summed E-state index contributed by atoms with van der Waals surface area (Å²) in [6.45, 7) is 3.45. The first kappa shape index (κ1) is 18.7. The van der Waals surface area contributed by atoms with Crippen LogP contribution in [0.1, 0.15) is 5.56 Å². The molecular formula is C21H21N3O3S. The number of rotatable bonds is 4. The number of hydrogen-bond acceptors (Lipinski definition) is 5. The average Bonchev–Trinajstić information content (AvgIpc) is 2.75. The molecule has 0 amide bonds. The van der Waals surface area contributed by atoms with Gasteiger partial charge in [0.1, 0.15) is 0 Å². The summed E-state index contributed by atoms with van der Waals surface area (Å²) in [4.78, 5) is 8.81. The number of benzene rings is 1. The molecule has 6 nitrogen and oxygen atoms in total. The summed E-state index contributed by atoms with van der Waals surface area (Å²) in [7, 11) is -3.56. The van der Waals surface area contributed by atoms with Gasteiger partial charge in [-0.05, 0) is 53.9 Å². The summed E-state index contributed by atoms with van der Waals surface area (Å²) in [5, 5.41) is 0. The highest BCUT2D eigenvalue weighted by atomic mass is 32.2. The fourth-order valence-electron chi connectivity index (χ4n) is 3.27. The van der Waals surface area contributed by atoms with E-state index in [2.05, 4.69) is 9.97 Å². The molecule has 1 aliphatic heterocycles. The van der Waals surface area contributed by atoms with Crippen LogP contribution in [0, 0.1) is 6.92 Å². The zero-order valence-electron chi connectivity index (χ0n) is 15.6. The summed E-state index contributed by atoms with van der Waals surface area (Å²) >= 11 is 0. The Labute approximate surface area is 164 Å². The van der Waals surface area contributed by atoms with Crippen molar-refractivity contribution in [1.29, 1.82) is 0 Å². The summed E-state index contributed by atoms with van der Waals surface area (Å²) in [5.41, 5.74) is 4.28. The van der Waals surface area contributed by atoms with Crippen molar-refractivity contribution in [1.82, 2.24) is 14.3 Å². The predicted molar refractivity (Wildman–Crippen MR) is 107 cm³/mol. The van der Waals surface area contributed by atoms with Crippen molar-refractivity contribution in [3.05, 3.63) is 66.6 Å². The van der Waals surface area contributed by atoms with Gasteiger partial charge in [-0.25, -0.2) is 8.42 Å². The van der Waals surface area contributed by atoms with Crippen LogP contribution in [0.4, 0.5) is 0 Å². The Morgan fingerprint density at radius 1 is 0.893 bits per heavy atom. The van der Waals surface area contributed by atoms with Gasteiger partial charge in [-0.3, -0.25) is 9.97 Å². The Hall–Kier alpha value is -2.61. The van der Waals surface area contributed by atoms with E-state index < -0.39 is 10.0 Å². The van der Waals surface area contributed by atoms with E-state index >= 15 is 0 Å². The van der Waals surface area contributed by atoms with Crippen LogP contribution in [0.2, 0.25) is 0 Å². The summed E-state index contributed by atoms with van der Waals surface area (Å²) in [5.74, 6) is 0. The lowest BCUT2D eigenvalue weighted by Gasteiger charge is -2.27. The first-order valence-corrected chi connectivity index (χ1v) is 10.5. The van der Waals surface area contributed by atoms with E-state index in [1.807, 2.05) is 43.3 Å². The second-order valence-corrected chi connectivity index (χ2v) is 8.57. The maximum absolute atomic E-state index is 13.1. The number of morpholine rings is 1. The molecule has 0 radical (unpaired) electrons. The lowest BCUT2D eigenvalue weighted by atomic mass is 10.0. The van der Waals surface area contributed by atoms with Gasteiger partial charge in [-0.1, -0.05) is 12.1 Å². The van der Waals surface area contributed by atoms with Crippen molar-refractivity contribution >= 4 is 10.0 Å². The normalized spacial score (nSPS) is 15.5. The van der Waals surface area contributed by atoms with Crippen LogP contribution < -0.4 is 0 Å². The van der Waals surface area contributed by atoms with Crippen molar-refractivity contribution in [3.63, 3.8) is 0 Å². The van der Waals surface area contributed by atoms with Gasteiger partial charge >= 0.3 is 0 Å². The van der Waals surface area contributed by atoms with Gasteiger partial charge in [0.2, 0.25) is 10.0 Å². The van der Waals surface area contributed by atoms with Crippen LogP contribution in [-0.2, 0) is 14.8 Å². The molecule has 0 bridgehead atoms. The lowest BCUT2D eigenvalue weighted by Crippen LogP contribution is -2.40. The van der Waals surface area contributed by atoms with Crippen molar-refractivity contribution < 1.29 is 13.2 Å². The number of ether oxygens (including phenoxy) is 1. The van der Waals surface area contributed by atoms with E-state index in [0.717, 1.165) is 27.9 Å². The Morgan fingerprint density at radius 2 is 1.57 bits per heavy atom. The minimum Gasteiger partial charge on any atom is -0.379 e. The highest BCUT2D eigenvalue weighted by Crippen LogP contribution is 2.29. The molecule has 1 saturated heterocycles. The molecule has 0 spiro atoms. The van der Waals surface area contributed by atoms with Crippen molar-refractivity contribution in [3.8, 4) is 22.4 Å². The third-order valence-corrected chi connectivity index (χ3v) is 6.89. The number of nitrogens with zero attached hydrogens (tertiary/aromatic N) is 3. The topological polar surface area (TPSA) is 72.4 Å². The zero-order valence-corrected chi connectivity index (χ0v) is 16.4. The van der Waals surface area contributed by atoms with E-state index in [1.165, 1.54) is 4.31 Å². The van der Waals surface area contributed by atoms with Crippen molar-refractivity contribution in [2.75, 3.05) is 26.3 Å². The van der Waals surface area contributed by atoms with E-state index in [9.17, 15) is 8.42 Å². The third kappa shape index (κ3) is 3.69. The molecule has 2 aromatic heterocycles. The molecule has 0 aliphatic carbocycles. The molecule has 0 unspecified atom stereocenters. The molecule has 3 aromatic rings. The first-order chi connectivity index (χ1) is 13.6. The smallest absolute Gasteiger partial charge is 0.243 e. The third-order valence-electron chi connectivity index (χ3n) is 4.85. The van der Waals surface area contributed by atoms with Crippen LogP contribution >= 0.6 is 0 Å². The van der Waals surface area contributed by atoms with Gasteiger partial charge in [0.15, 0.2) is 0 Å². The van der Waals surface area contributed by atoms with Gasteiger partial charge < -0.3 is 4.74 Å². The summed E-state index contributed by atoms with van der Waals surface area (Å²) in [6, 6.07) is 13.2. The fourth-order valence-corrected chi connectivity index (χ4v) is 4.93. The SMILES string of the molecule is Cc1ccc(-c2ccnc(-c3ccncc3)c2)cc1S(=O)(=O)N1CCOCC1. The molecule has 4 rings (SSSR count). The number of aryl methyl sites for hydroxylation is 1. The minimum absolute atomic E-state index is 0.342. The molecule has 3 heterocycles. The van der Waals surface area contributed by atoms with Crippen LogP contribution in [0.25, 0.3) is 22.4 Å². The summed E-state index contributed by atoms with van der Waals surface area (Å²) < 4.78 is 33.1. The standard InChI is InChI=1S/C21H21N3O3S/c1-16-2-3-18(15-21(16)28(25,26)24-10-12-27-13-11-24)19-6-9-23-20(14-19)17-4-7-22-8-5-17/h2-9,14-15H,10-13H2,1H3.